The molecule has 34 heavy (non-hydrogen) atoms. The van der Waals surface area contributed by atoms with Gasteiger partial charge in [-0.1, -0.05) is 41.5 Å². The lowest BCUT2D eigenvalue weighted by Gasteiger charge is -2.39. The topological polar surface area (TPSA) is 78.1 Å². The maximum Gasteiger partial charge on any atom is 0.261 e. The number of rotatable bonds is 2. The van der Waals surface area contributed by atoms with Gasteiger partial charge >= 0.3 is 0 Å². The SMILES string of the molecule is CC1CC(n2c(=O)c3cc4c(=O)n(C5CC(C)CC(C)(C)C5)c(=O)c4cc3c2=O)CC(C)(C)C1. The van der Waals surface area contributed by atoms with Crippen molar-refractivity contribution in [1.82, 2.24) is 9.13 Å². The molecule has 0 radical (unpaired) electrons. The Morgan fingerprint density at radius 3 is 1.15 bits per heavy atom. The van der Waals surface area contributed by atoms with E-state index in [0.29, 0.717) is 11.8 Å². The van der Waals surface area contributed by atoms with Crippen LogP contribution in [-0.4, -0.2) is 9.13 Å². The molecule has 1 aromatic carbocycles. The molecule has 4 atom stereocenters. The van der Waals surface area contributed by atoms with E-state index in [4.69, 9.17) is 0 Å². The quantitative estimate of drug-likeness (QED) is 0.551. The second-order valence-electron chi connectivity index (χ2n) is 13.0. The Kier molecular flexibility index (Phi) is 5.13. The van der Waals surface area contributed by atoms with Crippen molar-refractivity contribution in [2.24, 2.45) is 22.7 Å². The molecular weight excluding hydrogens is 428 g/mol. The summed E-state index contributed by atoms with van der Waals surface area (Å²) in [4.78, 5) is 53.7. The molecule has 0 amide bonds. The molecule has 4 unspecified atom stereocenters. The van der Waals surface area contributed by atoms with Gasteiger partial charge in [-0.25, -0.2) is 0 Å². The summed E-state index contributed by atoms with van der Waals surface area (Å²) in [6.45, 7) is 13.1. The smallest absolute Gasteiger partial charge is 0.261 e. The first-order valence-electron chi connectivity index (χ1n) is 12.7. The van der Waals surface area contributed by atoms with E-state index < -0.39 is 0 Å². The first-order valence-corrected chi connectivity index (χ1v) is 12.7. The van der Waals surface area contributed by atoms with Crippen LogP contribution in [0.3, 0.4) is 0 Å². The normalized spacial score (nSPS) is 29.1. The lowest BCUT2D eigenvalue weighted by atomic mass is 9.70. The third kappa shape index (κ3) is 3.61. The van der Waals surface area contributed by atoms with Crippen molar-refractivity contribution < 1.29 is 0 Å². The van der Waals surface area contributed by atoms with E-state index in [0.717, 1.165) is 38.5 Å². The molecule has 2 aliphatic rings. The van der Waals surface area contributed by atoms with Crippen LogP contribution in [-0.2, 0) is 0 Å². The average molecular weight is 465 g/mol. The number of nitrogens with zero attached hydrogens (tertiary/aromatic N) is 2. The molecule has 0 aliphatic heterocycles. The second-order valence-corrected chi connectivity index (χ2v) is 13.0. The van der Waals surface area contributed by atoms with Gasteiger partial charge in [-0.2, -0.15) is 0 Å². The predicted molar refractivity (Wildman–Crippen MR) is 137 cm³/mol. The summed E-state index contributed by atoms with van der Waals surface area (Å²) >= 11 is 0. The Labute approximate surface area is 199 Å². The maximum absolute atomic E-state index is 13.4. The van der Waals surface area contributed by atoms with E-state index in [1.165, 1.54) is 21.3 Å². The lowest BCUT2D eigenvalue weighted by Crippen LogP contribution is -2.37. The molecule has 0 bridgehead atoms. The fourth-order valence-corrected chi connectivity index (χ4v) is 7.66. The summed E-state index contributed by atoms with van der Waals surface area (Å²) in [6, 6.07) is 2.71. The van der Waals surface area contributed by atoms with Crippen molar-refractivity contribution in [1.29, 1.82) is 0 Å². The van der Waals surface area contributed by atoms with Crippen LogP contribution in [0.4, 0.5) is 0 Å². The molecule has 2 aliphatic carbocycles. The Balaban J connectivity index is 1.67. The van der Waals surface area contributed by atoms with Crippen LogP contribution in [0.1, 0.15) is 92.2 Å². The van der Waals surface area contributed by atoms with Crippen LogP contribution in [0.2, 0.25) is 0 Å². The van der Waals surface area contributed by atoms with Crippen molar-refractivity contribution >= 4 is 21.5 Å². The van der Waals surface area contributed by atoms with Crippen molar-refractivity contribution in [3.05, 3.63) is 53.5 Å². The minimum atomic E-state index is -0.330. The highest BCUT2D eigenvalue weighted by Gasteiger charge is 2.37. The number of aromatic nitrogens is 2. The van der Waals surface area contributed by atoms with Gasteiger partial charge in [0.2, 0.25) is 0 Å². The Hall–Kier alpha value is -2.50. The molecule has 6 nitrogen and oxygen atoms in total. The van der Waals surface area contributed by atoms with Gasteiger partial charge in [0.1, 0.15) is 0 Å². The first-order chi connectivity index (χ1) is 15.8. The fourth-order valence-electron chi connectivity index (χ4n) is 7.66. The van der Waals surface area contributed by atoms with Crippen molar-refractivity contribution in [2.75, 3.05) is 0 Å². The van der Waals surface area contributed by atoms with Crippen LogP contribution >= 0.6 is 0 Å². The molecule has 182 valence electrons. The van der Waals surface area contributed by atoms with E-state index in [-0.39, 0.29) is 66.7 Å². The Morgan fingerprint density at radius 1 is 0.588 bits per heavy atom. The molecule has 5 rings (SSSR count). The van der Waals surface area contributed by atoms with Crippen LogP contribution < -0.4 is 22.2 Å². The highest BCUT2D eigenvalue weighted by Crippen LogP contribution is 2.44. The van der Waals surface area contributed by atoms with Crippen LogP contribution in [0, 0.1) is 22.7 Å². The molecule has 2 aromatic heterocycles. The molecule has 2 saturated carbocycles. The Morgan fingerprint density at radius 2 is 0.882 bits per heavy atom. The second kappa shape index (κ2) is 7.50. The summed E-state index contributed by atoms with van der Waals surface area (Å²) in [7, 11) is 0. The molecule has 0 N–H and O–H groups in total. The van der Waals surface area contributed by atoms with Crippen LogP contribution in [0.5, 0.6) is 0 Å². The highest BCUT2D eigenvalue weighted by molar-refractivity contribution is 5.97. The van der Waals surface area contributed by atoms with Crippen molar-refractivity contribution in [3.63, 3.8) is 0 Å². The fraction of sp³-hybridized carbons (Fsp3) is 0.643. The zero-order valence-electron chi connectivity index (χ0n) is 21.2. The van der Waals surface area contributed by atoms with E-state index in [1.807, 2.05) is 0 Å². The van der Waals surface area contributed by atoms with Gasteiger partial charge in [-0.15, -0.1) is 0 Å². The third-order valence-electron chi connectivity index (χ3n) is 8.41. The predicted octanol–water partition coefficient (Wildman–Crippen LogP) is 4.69. The van der Waals surface area contributed by atoms with Gasteiger partial charge in [0.05, 0.1) is 21.5 Å². The first kappa shape index (κ1) is 23.3. The molecule has 2 fully saturated rings. The van der Waals surface area contributed by atoms with Crippen molar-refractivity contribution in [2.45, 2.75) is 92.2 Å². The van der Waals surface area contributed by atoms with E-state index in [2.05, 4.69) is 41.5 Å². The van der Waals surface area contributed by atoms with E-state index in [9.17, 15) is 19.2 Å². The van der Waals surface area contributed by atoms with Gasteiger partial charge in [0, 0.05) is 12.1 Å². The maximum atomic E-state index is 13.4. The van der Waals surface area contributed by atoms with Gasteiger partial charge in [-0.3, -0.25) is 28.3 Å². The lowest BCUT2D eigenvalue weighted by molar-refractivity contribution is 0.134. The van der Waals surface area contributed by atoms with Gasteiger partial charge in [-0.05, 0) is 73.3 Å². The average Bonchev–Trinajstić information content (AvgIpc) is 3.08. The number of fused-ring (bicyclic) bond motifs is 2. The minimum absolute atomic E-state index is 0.0524. The number of benzene rings is 1. The largest absolute Gasteiger partial charge is 0.271 e. The van der Waals surface area contributed by atoms with Gasteiger partial charge in [0.25, 0.3) is 22.2 Å². The molecule has 0 saturated heterocycles. The standard InChI is InChI=1S/C28H36N2O4/c1-15-7-17(13-27(3,4)11-15)29-23(31)19-9-21-22(10-20(19)24(29)32)26(34)30(25(21)33)18-8-16(2)12-28(5,6)14-18/h9-10,15-18H,7-8,11-14H2,1-6H3. The molecular formula is C28H36N2O4. The molecule has 6 heteroatoms. The highest BCUT2D eigenvalue weighted by atomic mass is 16.2. The third-order valence-corrected chi connectivity index (χ3v) is 8.41. The minimum Gasteiger partial charge on any atom is -0.271 e. The van der Waals surface area contributed by atoms with Crippen molar-refractivity contribution in [3.8, 4) is 0 Å². The van der Waals surface area contributed by atoms with E-state index >= 15 is 0 Å². The summed E-state index contributed by atoms with van der Waals surface area (Å²) in [5.74, 6) is 0.837. The van der Waals surface area contributed by atoms with Gasteiger partial charge in [0.15, 0.2) is 0 Å². The zero-order valence-corrected chi connectivity index (χ0v) is 21.2. The molecule has 3 aromatic rings. The number of hydrogen-bond acceptors (Lipinski definition) is 4. The van der Waals surface area contributed by atoms with Crippen LogP contribution in [0.25, 0.3) is 21.5 Å². The summed E-state index contributed by atoms with van der Waals surface area (Å²) in [5, 5.41) is 1.06. The zero-order chi connectivity index (χ0) is 24.7. The van der Waals surface area contributed by atoms with E-state index in [1.54, 1.807) is 0 Å². The summed E-state index contributed by atoms with van der Waals surface area (Å²) < 4.78 is 2.80. The summed E-state index contributed by atoms with van der Waals surface area (Å²) in [6.07, 6.45) is 5.24. The monoisotopic (exact) mass is 464 g/mol. The summed E-state index contributed by atoms with van der Waals surface area (Å²) in [5.41, 5.74) is -1.21. The molecule has 2 heterocycles. The number of hydrogen-bond donors (Lipinski definition) is 0. The molecule has 0 spiro atoms. The Bertz CT molecular complexity index is 1310. The van der Waals surface area contributed by atoms with Crippen LogP contribution in [0.15, 0.2) is 31.3 Å². The van der Waals surface area contributed by atoms with Gasteiger partial charge < -0.3 is 0 Å².